The Hall–Kier alpha value is 1.08. The van der Waals surface area contributed by atoms with Crippen molar-refractivity contribution in [2.45, 2.75) is 28.4 Å². The van der Waals surface area contributed by atoms with Crippen LogP contribution >= 0.6 is 34.4 Å². The highest BCUT2D eigenvalue weighted by atomic mass is 127. The van der Waals surface area contributed by atoms with Crippen molar-refractivity contribution in [2.24, 2.45) is 59.2 Å². The van der Waals surface area contributed by atoms with Crippen LogP contribution in [0.1, 0.15) is 19.3 Å². The Labute approximate surface area is 128 Å². The summed E-state index contributed by atoms with van der Waals surface area (Å²) in [5, 5.41) is 1.09. The van der Waals surface area contributed by atoms with Crippen LogP contribution in [0.5, 0.6) is 0 Å². The monoisotopic (exact) mass is 372 g/mol. The highest BCUT2D eigenvalue weighted by Gasteiger charge is 2.81. The summed E-state index contributed by atoms with van der Waals surface area (Å²) in [6, 6.07) is 0. The average Bonchev–Trinajstić information content (AvgIpc) is 2.64. The minimum Gasteiger partial charge on any atom is -0.161 e. The molecule has 11 unspecified atom stereocenters. The Kier molecular flexibility index (Phi) is 1.87. The molecule has 0 aliphatic heterocycles. The van der Waals surface area contributed by atoms with Crippen LogP contribution in [0, 0.1) is 59.2 Å². The van der Waals surface area contributed by atoms with Crippen LogP contribution in [0.2, 0.25) is 0 Å². The maximum atomic E-state index is 2.76. The summed E-state index contributed by atoms with van der Waals surface area (Å²) in [5.74, 6) is 12.1. The van der Waals surface area contributed by atoms with Crippen molar-refractivity contribution in [3.63, 3.8) is 0 Å². The summed E-state index contributed by atoms with van der Waals surface area (Å²) in [4.78, 5) is 0. The lowest BCUT2D eigenvalue weighted by Gasteiger charge is -2.77. The molecule has 0 nitrogen and oxygen atoms in total. The zero-order chi connectivity index (χ0) is 11.8. The van der Waals surface area contributed by atoms with Crippen molar-refractivity contribution >= 4 is 34.4 Å². The number of hydrogen-bond acceptors (Lipinski definition) is 1. The van der Waals surface area contributed by atoms with Crippen molar-refractivity contribution in [1.82, 2.24) is 0 Å². The number of thioether (sulfide) groups is 1. The van der Waals surface area contributed by atoms with Gasteiger partial charge in [0, 0.05) is 9.17 Å². The minimum atomic E-state index is 1.07. The topological polar surface area (TPSA) is 0 Å². The number of rotatable bonds is 1. The molecule has 0 spiro atoms. The average molecular weight is 372 g/mol. The molecule has 6 rings (SSSR count). The molecule has 0 heterocycles. The van der Waals surface area contributed by atoms with Crippen molar-refractivity contribution in [3.8, 4) is 0 Å². The summed E-state index contributed by atoms with van der Waals surface area (Å²) in [6.45, 7) is 0. The van der Waals surface area contributed by atoms with Crippen LogP contribution in [-0.2, 0) is 0 Å². The lowest BCUT2D eigenvalue weighted by molar-refractivity contribution is -0.276. The quantitative estimate of drug-likeness (QED) is 0.382. The van der Waals surface area contributed by atoms with E-state index in [9.17, 15) is 0 Å². The third kappa shape index (κ3) is 0.850. The zero-order valence-corrected chi connectivity index (χ0v) is 13.8. The maximum Gasteiger partial charge on any atom is 0.0146 e. The van der Waals surface area contributed by atoms with Gasteiger partial charge in [0.1, 0.15) is 0 Å². The van der Waals surface area contributed by atoms with E-state index in [-0.39, 0.29) is 0 Å². The van der Waals surface area contributed by atoms with Gasteiger partial charge in [-0.1, -0.05) is 22.6 Å². The van der Waals surface area contributed by atoms with E-state index in [0.29, 0.717) is 0 Å². The molecule has 18 heavy (non-hydrogen) atoms. The first-order valence-corrected chi connectivity index (χ1v) is 10.5. The Morgan fingerprint density at radius 3 is 1.94 bits per heavy atom. The fourth-order valence-electron chi connectivity index (χ4n) is 8.01. The molecule has 0 N–H and O–H groups in total. The van der Waals surface area contributed by atoms with Gasteiger partial charge in [0.2, 0.25) is 0 Å². The van der Waals surface area contributed by atoms with Gasteiger partial charge < -0.3 is 0 Å². The first-order chi connectivity index (χ1) is 8.83. The summed E-state index contributed by atoms with van der Waals surface area (Å²) in [7, 11) is 0. The van der Waals surface area contributed by atoms with Crippen molar-refractivity contribution < 1.29 is 0 Å². The van der Waals surface area contributed by atoms with Gasteiger partial charge in [0.15, 0.2) is 0 Å². The van der Waals surface area contributed by atoms with E-state index in [1.54, 1.807) is 19.3 Å². The molecule has 6 fully saturated rings. The van der Waals surface area contributed by atoms with Crippen molar-refractivity contribution in [1.29, 1.82) is 0 Å². The van der Waals surface area contributed by atoms with E-state index < -0.39 is 0 Å². The fourth-order valence-corrected chi connectivity index (χ4v) is 11.0. The van der Waals surface area contributed by atoms with Crippen LogP contribution < -0.4 is 0 Å². The second-order valence-electron chi connectivity index (χ2n) is 8.06. The van der Waals surface area contributed by atoms with Crippen LogP contribution in [0.4, 0.5) is 0 Å². The molecule has 0 aromatic rings. The predicted octanol–water partition coefficient (Wildman–Crippen LogP) is 3.94. The van der Waals surface area contributed by atoms with Gasteiger partial charge in [-0.15, -0.1) is 0 Å². The molecule has 0 aromatic carbocycles. The minimum absolute atomic E-state index is 1.07. The van der Waals surface area contributed by atoms with Gasteiger partial charge in [-0.3, -0.25) is 0 Å². The maximum absolute atomic E-state index is 2.76. The smallest absolute Gasteiger partial charge is 0.0146 e. The van der Waals surface area contributed by atoms with E-state index in [2.05, 4.69) is 40.6 Å². The SMILES string of the molecule is CS[C@H]1C2C3CCC3C1C1C3C4C(I)CC4C3C12. The molecular weight excluding hydrogens is 351 g/mol. The Morgan fingerprint density at radius 1 is 0.778 bits per heavy atom. The number of alkyl halides is 1. The third-order valence-electron chi connectivity index (χ3n) is 8.42. The predicted molar refractivity (Wildman–Crippen MR) is 83.9 cm³/mol. The molecule has 0 aromatic heterocycles. The number of halogens is 1. The van der Waals surface area contributed by atoms with Crippen molar-refractivity contribution in [3.05, 3.63) is 0 Å². The molecule has 0 saturated heterocycles. The molecule has 2 bridgehead atoms. The van der Waals surface area contributed by atoms with E-state index in [1.165, 1.54) is 59.2 Å². The zero-order valence-electron chi connectivity index (χ0n) is 10.8. The van der Waals surface area contributed by atoms with Gasteiger partial charge in [0.05, 0.1) is 0 Å². The van der Waals surface area contributed by atoms with E-state index in [1.807, 2.05) is 0 Å². The van der Waals surface area contributed by atoms with Gasteiger partial charge in [-0.2, -0.15) is 11.8 Å². The first-order valence-electron chi connectivity index (χ1n) is 8.00. The van der Waals surface area contributed by atoms with Crippen molar-refractivity contribution in [2.75, 3.05) is 6.26 Å². The second-order valence-corrected chi connectivity index (χ2v) is 10.7. The summed E-state index contributed by atoms with van der Waals surface area (Å²) < 4.78 is 1.07. The highest BCUT2D eigenvalue weighted by molar-refractivity contribution is 14.1. The Bertz CT molecular complexity index is 437. The first kappa shape index (κ1) is 10.8. The fraction of sp³-hybridized carbons (Fsp3) is 1.00. The van der Waals surface area contributed by atoms with E-state index in [4.69, 9.17) is 0 Å². The van der Waals surface area contributed by atoms with Crippen LogP contribution in [0.15, 0.2) is 0 Å². The molecule has 2 heteroatoms. The highest BCUT2D eigenvalue weighted by Crippen LogP contribution is 2.84. The normalized spacial score (nSPS) is 77.0. The lowest BCUT2D eigenvalue weighted by Crippen LogP contribution is -2.74. The molecular formula is C16H21IS. The Morgan fingerprint density at radius 2 is 1.39 bits per heavy atom. The van der Waals surface area contributed by atoms with Crippen LogP contribution in [0.3, 0.4) is 0 Å². The largest absolute Gasteiger partial charge is 0.161 e. The van der Waals surface area contributed by atoms with Gasteiger partial charge in [0.25, 0.3) is 0 Å². The summed E-state index contributed by atoms with van der Waals surface area (Å²) >= 11 is 5.02. The molecule has 98 valence electrons. The molecule has 12 atom stereocenters. The molecule has 6 aliphatic rings. The Balaban J connectivity index is 1.40. The van der Waals surface area contributed by atoms with E-state index in [0.717, 1.165) is 9.17 Å². The van der Waals surface area contributed by atoms with E-state index >= 15 is 0 Å². The van der Waals surface area contributed by atoms with Gasteiger partial charge >= 0.3 is 0 Å². The third-order valence-corrected chi connectivity index (χ3v) is 10.9. The van der Waals surface area contributed by atoms with Crippen LogP contribution in [-0.4, -0.2) is 15.4 Å². The molecule has 6 aliphatic carbocycles. The van der Waals surface area contributed by atoms with Crippen LogP contribution in [0.25, 0.3) is 0 Å². The standard InChI is InChI=1S/C16H21IS/c1-18-16-11-5-2-3-6(5)12(16)15-13-9-7(4-8(9)17)10(13)14(11)15/h5-16H,2-4H2,1H3/t5?,6?,7?,8?,9?,10?,11?,12?,13?,14?,15?,16-/m0/s1. The van der Waals surface area contributed by atoms with Gasteiger partial charge in [-0.05, 0) is 84.7 Å². The lowest BCUT2D eigenvalue weighted by atomic mass is 9.29. The summed E-state index contributed by atoms with van der Waals surface area (Å²) in [6.07, 6.45) is 7.21. The molecule has 0 amide bonds. The second kappa shape index (κ2) is 3.13. The number of hydrogen-bond donors (Lipinski definition) is 0. The molecule has 6 saturated carbocycles. The number of fused-ring (bicyclic) bond motifs is 14. The molecule has 0 radical (unpaired) electrons. The summed E-state index contributed by atoms with van der Waals surface area (Å²) in [5.41, 5.74) is 0. The van der Waals surface area contributed by atoms with Gasteiger partial charge in [-0.25, -0.2) is 0 Å².